The van der Waals surface area contributed by atoms with Crippen molar-refractivity contribution in [2.45, 2.75) is 60.7 Å². The fraction of sp³-hybridized carbons (Fsp3) is 1.00. The van der Waals surface area contributed by atoms with E-state index >= 15 is 0 Å². The first-order chi connectivity index (χ1) is 10.7. The molecule has 0 spiro atoms. The molecule has 2 aliphatic rings. The molecular weight excluding hydrogens is 320 g/mol. The van der Waals surface area contributed by atoms with E-state index in [0.29, 0.717) is 0 Å². The largest absolute Gasteiger partial charge is 0.394 e. The van der Waals surface area contributed by atoms with Crippen LogP contribution in [0.5, 0.6) is 0 Å². The molecule has 136 valence electrons. The van der Waals surface area contributed by atoms with Crippen LogP contribution in [0.2, 0.25) is 0 Å². The Balaban J connectivity index is 2.33. The molecule has 2 heterocycles. The van der Waals surface area contributed by atoms with Crippen LogP contribution in [0.15, 0.2) is 0 Å². The monoisotopic (exact) mass is 342 g/mol. The smallest absolute Gasteiger partial charge is 0.189 e. The summed E-state index contributed by atoms with van der Waals surface area (Å²) in [6.07, 6.45) is -16.4. The van der Waals surface area contributed by atoms with Crippen molar-refractivity contribution in [1.29, 1.82) is 0 Å². The van der Waals surface area contributed by atoms with Crippen LogP contribution in [-0.4, -0.2) is 120 Å². The molecule has 9 N–H and O–H groups in total. The van der Waals surface area contributed by atoms with E-state index in [0.717, 1.165) is 0 Å². The first-order valence-corrected chi connectivity index (χ1v) is 7.03. The summed E-state index contributed by atoms with van der Waals surface area (Å²) in [6.45, 7) is -1.55. The highest BCUT2D eigenvalue weighted by molar-refractivity contribution is 5.10. The highest BCUT2D eigenvalue weighted by Gasteiger charge is 2.63. The van der Waals surface area contributed by atoms with Gasteiger partial charge in [-0.1, -0.05) is 0 Å². The van der Waals surface area contributed by atoms with Gasteiger partial charge >= 0.3 is 0 Å². The van der Waals surface area contributed by atoms with Crippen LogP contribution in [0.1, 0.15) is 0 Å². The van der Waals surface area contributed by atoms with Gasteiger partial charge in [-0.3, -0.25) is 0 Å². The van der Waals surface area contributed by atoms with Gasteiger partial charge in [0.15, 0.2) is 11.9 Å². The lowest BCUT2D eigenvalue weighted by Crippen LogP contribution is -2.76. The number of aliphatic hydroxyl groups excluding tert-OH is 8. The first-order valence-electron chi connectivity index (χ1n) is 7.03. The fourth-order valence-corrected chi connectivity index (χ4v) is 2.92. The molecule has 0 aliphatic carbocycles. The van der Waals surface area contributed by atoms with Crippen molar-refractivity contribution < 1.29 is 55.4 Å². The third-order valence-corrected chi connectivity index (χ3v) is 4.41. The average molecular weight is 342 g/mol. The summed E-state index contributed by atoms with van der Waals surface area (Å²) in [5.74, 6) is 0. The number of hydrogen-bond acceptors (Lipinski definition) is 11. The topological polar surface area (TPSA) is 201 Å². The third kappa shape index (κ3) is 2.88. The average Bonchev–Trinajstić information content (AvgIpc) is 2.54. The second kappa shape index (κ2) is 6.82. The summed E-state index contributed by atoms with van der Waals surface area (Å²) in [4.78, 5) is 0. The molecule has 0 aromatic heterocycles. The minimum atomic E-state index is -2.79. The minimum Gasteiger partial charge on any atom is -0.394 e. The van der Waals surface area contributed by atoms with E-state index in [1.54, 1.807) is 0 Å². The molecule has 11 nitrogen and oxygen atoms in total. The standard InChI is InChI=1S/C12H22O11/c13-1-3-5(15)7(17)8(18)10(22-3)12(21)9(19)6(16)4(2-14)23-11(12)20/h3-11,13-21H,1-2H2/t3-,4-,5+,6-,7+,8-,9+,10-,11+,12+/m1/s1. The van der Waals surface area contributed by atoms with Crippen LogP contribution in [0.25, 0.3) is 0 Å². The molecule has 2 rings (SSSR count). The zero-order chi connectivity index (χ0) is 17.5. The zero-order valence-electron chi connectivity index (χ0n) is 12.0. The first kappa shape index (κ1) is 18.9. The second-order valence-corrected chi connectivity index (χ2v) is 5.78. The maximum atomic E-state index is 10.6. The number of hydrogen-bond donors (Lipinski definition) is 9. The molecule has 0 amide bonds. The SMILES string of the molecule is OC[C@H]1O[C@@H]([C@]2(O)[C@@H](O)O[C@H](CO)[C@@H](O)[C@@H]2O)[C@H](O)[C@@H](O)[C@H]1O. The second-order valence-electron chi connectivity index (χ2n) is 5.78. The molecule has 0 saturated carbocycles. The maximum absolute atomic E-state index is 10.6. The number of ether oxygens (including phenoxy) is 2. The number of aliphatic hydroxyl groups is 9. The summed E-state index contributed by atoms with van der Waals surface area (Å²) in [6, 6.07) is 0. The van der Waals surface area contributed by atoms with Gasteiger partial charge in [-0.05, 0) is 0 Å². The van der Waals surface area contributed by atoms with Crippen molar-refractivity contribution in [3.05, 3.63) is 0 Å². The highest BCUT2D eigenvalue weighted by atomic mass is 16.7. The summed E-state index contributed by atoms with van der Waals surface area (Å²) < 4.78 is 9.91. The van der Waals surface area contributed by atoms with Gasteiger partial charge in [0.05, 0.1) is 13.2 Å². The minimum absolute atomic E-state index is 0.764. The Morgan fingerprint density at radius 1 is 0.696 bits per heavy atom. The van der Waals surface area contributed by atoms with Crippen LogP contribution in [0.4, 0.5) is 0 Å². The molecule has 2 aliphatic heterocycles. The Bertz CT molecular complexity index is 406. The molecule has 2 saturated heterocycles. The Labute approximate surface area is 130 Å². The van der Waals surface area contributed by atoms with Crippen LogP contribution < -0.4 is 0 Å². The van der Waals surface area contributed by atoms with Crippen molar-refractivity contribution in [2.24, 2.45) is 0 Å². The Kier molecular flexibility index (Phi) is 5.60. The van der Waals surface area contributed by atoms with Crippen LogP contribution in [0, 0.1) is 0 Å². The summed E-state index contributed by atoms with van der Waals surface area (Å²) in [5, 5.41) is 88.1. The van der Waals surface area contributed by atoms with Crippen molar-refractivity contribution in [1.82, 2.24) is 0 Å². The lowest BCUT2D eigenvalue weighted by atomic mass is 9.77. The van der Waals surface area contributed by atoms with E-state index in [-0.39, 0.29) is 0 Å². The van der Waals surface area contributed by atoms with Gasteiger partial charge in [-0.2, -0.15) is 0 Å². The van der Waals surface area contributed by atoms with Crippen LogP contribution >= 0.6 is 0 Å². The van der Waals surface area contributed by atoms with Gasteiger partial charge in [-0.25, -0.2) is 0 Å². The van der Waals surface area contributed by atoms with Crippen molar-refractivity contribution in [3.8, 4) is 0 Å². The molecule has 0 unspecified atom stereocenters. The lowest BCUT2D eigenvalue weighted by Gasteiger charge is -2.53. The van der Waals surface area contributed by atoms with E-state index in [1.165, 1.54) is 0 Å². The zero-order valence-corrected chi connectivity index (χ0v) is 12.0. The van der Waals surface area contributed by atoms with E-state index in [4.69, 9.17) is 19.7 Å². The van der Waals surface area contributed by atoms with Crippen molar-refractivity contribution in [3.63, 3.8) is 0 Å². The fourth-order valence-electron chi connectivity index (χ4n) is 2.92. The Morgan fingerprint density at radius 2 is 1.22 bits per heavy atom. The lowest BCUT2D eigenvalue weighted by molar-refractivity contribution is -0.378. The van der Waals surface area contributed by atoms with E-state index in [9.17, 15) is 35.7 Å². The third-order valence-electron chi connectivity index (χ3n) is 4.41. The molecule has 2 fully saturated rings. The summed E-state index contributed by atoms with van der Waals surface area (Å²) >= 11 is 0. The molecule has 23 heavy (non-hydrogen) atoms. The molecule has 0 bridgehead atoms. The highest BCUT2D eigenvalue weighted by Crippen LogP contribution is 2.38. The van der Waals surface area contributed by atoms with Crippen molar-refractivity contribution >= 4 is 0 Å². The van der Waals surface area contributed by atoms with Crippen molar-refractivity contribution in [2.75, 3.05) is 13.2 Å². The normalized spacial score (nSPS) is 54.9. The Morgan fingerprint density at radius 3 is 1.74 bits per heavy atom. The van der Waals surface area contributed by atoms with Gasteiger partial charge in [0.1, 0.15) is 48.8 Å². The van der Waals surface area contributed by atoms with Crippen LogP contribution in [0.3, 0.4) is 0 Å². The van der Waals surface area contributed by atoms with Gasteiger partial charge in [0.2, 0.25) is 0 Å². The maximum Gasteiger partial charge on any atom is 0.189 e. The summed E-state index contributed by atoms with van der Waals surface area (Å²) in [5.41, 5.74) is -2.79. The van der Waals surface area contributed by atoms with E-state index < -0.39 is 73.9 Å². The van der Waals surface area contributed by atoms with Gasteiger partial charge in [0.25, 0.3) is 0 Å². The molecule has 0 radical (unpaired) electrons. The van der Waals surface area contributed by atoms with Gasteiger partial charge < -0.3 is 55.4 Å². The molecule has 0 aromatic rings. The predicted octanol–water partition coefficient (Wildman–Crippen LogP) is -6.01. The van der Waals surface area contributed by atoms with E-state index in [1.807, 2.05) is 0 Å². The van der Waals surface area contributed by atoms with E-state index in [2.05, 4.69) is 0 Å². The van der Waals surface area contributed by atoms with Gasteiger partial charge in [-0.15, -0.1) is 0 Å². The quantitative estimate of drug-likeness (QED) is 0.236. The predicted molar refractivity (Wildman–Crippen MR) is 68.7 cm³/mol. The molecule has 10 atom stereocenters. The number of rotatable bonds is 3. The summed E-state index contributed by atoms with van der Waals surface area (Å²) in [7, 11) is 0. The molecule has 0 aromatic carbocycles. The Hall–Kier alpha value is -0.440. The molecular formula is C12H22O11. The van der Waals surface area contributed by atoms with Crippen LogP contribution in [-0.2, 0) is 9.47 Å². The van der Waals surface area contributed by atoms with Gasteiger partial charge in [0, 0.05) is 0 Å². The molecule has 11 heteroatoms.